The number of imidazole rings is 1. The summed E-state index contributed by atoms with van der Waals surface area (Å²) in [5, 5.41) is 6.42. The minimum atomic E-state index is 0.106. The minimum absolute atomic E-state index is 0.106. The van der Waals surface area contributed by atoms with Crippen LogP contribution in [0.2, 0.25) is 0 Å². The second kappa shape index (κ2) is 7.93. The number of nitrogens with one attached hydrogen (secondary N) is 2. The van der Waals surface area contributed by atoms with Gasteiger partial charge in [0, 0.05) is 42.7 Å². The van der Waals surface area contributed by atoms with Crippen LogP contribution >= 0.6 is 11.8 Å². The summed E-state index contributed by atoms with van der Waals surface area (Å²) < 4.78 is 2.07. The summed E-state index contributed by atoms with van der Waals surface area (Å²) in [6.45, 7) is 1.55. The molecule has 1 saturated heterocycles. The third-order valence-electron chi connectivity index (χ3n) is 4.59. The van der Waals surface area contributed by atoms with Crippen molar-refractivity contribution in [3.05, 3.63) is 60.4 Å². The van der Waals surface area contributed by atoms with Crippen LogP contribution in [0.25, 0.3) is 16.7 Å². The molecule has 2 N–H and O–H groups in total. The van der Waals surface area contributed by atoms with Crippen LogP contribution in [0.4, 0.5) is 0 Å². The molecule has 1 aliphatic heterocycles. The first kappa shape index (κ1) is 17.1. The second-order valence-electron chi connectivity index (χ2n) is 6.48. The van der Waals surface area contributed by atoms with E-state index in [4.69, 9.17) is 0 Å². The van der Waals surface area contributed by atoms with Crippen molar-refractivity contribution in [2.24, 2.45) is 0 Å². The van der Waals surface area contributed by atoms with Crippen LogP contribution in [0.1, 0.15) is 12.0 Å². The number of aromatic nitrogens is 2. The van der Waals surface area contributed by atoms with E-state index < -0.39 is 0 Å². The molecular weight excluding hydrogens is 344 g/mol. The average molecular weight is 366 g/mol. The van der Waals surface area contributed by atoms with Gasteiger partial charge >= 0.3 is 0 Å². The monoisotopic (exact) mass is 366 g/mol. The Morgan fingerprint density at radius 1 is 1.23 bits per heavy atom. The molecule has 4 rings (SSSR count). The highest BCUT2D eigenvalue weighted by molar-refractivity contribution is 7.99. The van der Waals surface area contributed by atoms with Crippen molar-refractivity contribution in [1.29, 1.82) is 0 Å². The number of fused-ring (bicyclic) bond motifs is 1. The zero-order valence-corrected chi connectivity index (χ0v) is 15.3. The first-order valence-electron chi connectivity index (χ1n) is 8.89. The maximum Gasteiger partial charge on any atom is 0.221 e. The Bertz CT molecular complexity index is 884. The van der Waals surface area contributed by atoms with E-state index >= 15 is 0 Å². The molecule has 134 valence electrons. The average Bonchev–Trinajstić information content (AvgIpc) is 3.12. The van der Waals surface area contributed by atoms with Gasteiger partial charge in [-0.15, -0.1) is 0 Å². The summed E-state index contributed by atoms with van der Waals surface area (Å²) in [5.41, 5.74) is 4.24. The first-order chi connectivity index (χ1) is 12.8. The van der Waals surface area contributed by atoms with Crippen LogP contribution in [0.3, 0.4) is 0 Å². The van der Waals surface area contributed by atoms with Crippen LogP contribution in [0, 0.1) is 0 Å². The van der Waals surface area contributed by atoms with Gasteiger partial charge in [0.05, 0.1) is 11.0 Å². The highest BCUT2D eigenvalue weighted by atomic mass is 32.2. The normalized spacial score (nSPS) is 17.3. The molecule has 26 heavy (non-hydrogen) atoms. The molecule has 2 aromatic carbocycles. The van der Waals surface area contributed by atoms with Crippen LogP contribution in [0.15, 0.2) is 54.9 Å². The van der Waals surface area contributed by atoms with E-state index in [-0.39, 0.29) is 5.91 Å². The number of hydrogen-bond acceptors (Lipinski definition) is 4. The molecule has 1 atom stereocenters. The fraction of sp³-hybridized carbons (Fsp3) is 0.300. The largest absolute Gasteiger partial charge is 0.352 e. The van der Waals surface area contributed by atoms with Gasteiger partial charge in [0.2, 0.25) is 5.91 Å². The molecule has 0 bridgehead atoms. The summed E-state index contributed by atoms with van der Waals surface area (Å²) in [5.74, 6) is 2.26. The maximum absolute atomic E-state index is 12.1. The van der Waals surface area contributed by atoms with Gasteiger partial charge < -0.3 is 10.6 Å². The van der Waals surface area contributed by atoms with Crippen LogP contribution < -0.4 is 10.6 Å². The van der Waals surface area contributed by atoms with Crippen LogP contribution in [-0.4, -0.2) is 39.6 Å². The van der Waals surface area contributed by atoms with Gasteiger partial charge in [0.15, 0.2) is 0 Å². The van der Waals surface area contributed by atoms with Crippen molar-refractivity contribution in [3.8, 4) is 5.69 Å². The molecule has 1 unspecified atom stereocenters. The lowest BCUT2D eigenvalue weighted by molar-refractivity contribution is -0.121. The van der Waals surface area contributed by atoms with Crippen molar-refractivity contribution >= 4 is 28.7 Å². The predicted molar refractivity (Wildman–Crippen MR) is 107 cm³/mol. The van der Waals surface area contributed by atoms with Gasteiger partial charge in [-0.2, -0.15) is 11.8 Å². The van der Waals surface area contributed by atoms with Crippen molar-refractivity contribution in [1.82, 2.24) is 20.2 Å². The number of amides is 1. The number of benzene rings is 2. The highest BCUT2D eigenvalue weighted by Crippen LogP contribution is 2.18. The second-order valence-corrected chi connectivity index (χ2v) is 7.63. The van der Waals surface area contributed by atoms with E-state index in [0.29, 0.717) is 19.0 Å². The minimum Gasteiger partial charge on any atom is -0.352 e. The molecule has 1 aliphatic rings. The Hall–Kier alpha value is -2.31. The lowest BCUT2D eigenvalue weighted by atomic mass is 10.2. The summed E-state index contributed by atoms with van der Waals surface area (Å²) in [6.07, 6.45) is 2.39. The van der Waals surface area contributed by atoms with Gasteiger partial charge in [0.1, 0.15) is 6.33 Å². The molecular formula is C20H22N4OS. The van der Waals surface area contributed by atoms with Crippen LogP contribution in [0.5, 0.6) is 0 Å². The number of nitrogens with zero attached hydrogens (tertiary/aromatic N) is 2. The molecule has 6 heteroatoms. The van der Waals surface area contributed by atoms with E-state index in [2.05, 4.69) is 50.5 Å². The molecule has 0 radical (unpaired) electrons. The van der Waals surface area contributed by atoms with E-state index in [1.807, 2.05) is 36.3 Å². The van der Waals surface area contributed by atoms with Crippen molar-refractivity contribution in [3.63, 3.8) is 0 Å². The maximum atomic E-state index is 12.1. The Kier molecular flexibility index (Phi) is 5.22. The summed E-state index contributed by atoms with van der Waals surface area (Å²) in [4.78, 5) is 16.5. The third kappa shape index (κ3) is 3.92. The van der Waals surface area contributed by atoms with E-state index in [0.717, 1.165) is 40.3 Å². The number of carbonyl (C=O) groups excluding carboxylic acids is 1. The van der Waals surface area contributed by atoms with E-state index in [1.54, 1.807) is 0 Å². The quantitative estimate of drug-likeness (QED) is 0.729. The van der Waals surface area contributed by atoms with Crippen LogP contribution in [-0.2, 0) is 11.3 Å². The Morgan fingerprint density at radius 3 is 2.88 bits per heavy atom. The summed E-state index contributed by atoms with van der Waals surface area (Å²) in [7, 11) is 0. The number of thioether (sulfide) groups is 1. The predicted octanol–water partition coefficient (Wildman–Crippen LogP) is 2.74. The first-order valence-corrected chi connectivity index (χ1v) is 10.0. The topological polar surface area (TPSA) is 59.0 Å². The van der Waals surface area contributed by atoms with Crippen molar-refractivity contribution in [2.45, 2.75) is 19.0 Å². The number of carbonyl (C=O) groups is 1. The Morgan fingerprint density at radius 2 is 2.08 bits per heavy atom. The van der Waals surface area contributed by atoms with E-state index in [1.165, 1.54) is 0 Å². The van der Waals surface area contributed by atoms with Crippen molar-refractivity contribution < 1.29 is 4.79 Å². The molecule has 0 saturated carbocycles. The molecule has 1 aromatic heterocycles. The lowest BCUT2D eigenvalue weighted by Gasteiger charge is -2.22. The molecule has 3 aromatic rings. The zero-order chi connectivity index (χ0) is 17.8. The molecule has 1 fully saturated rings. The van der Waals surface area contributed by atoms with Gasteiger partial charge in [-0.1, -0.05) is 24.3 Å². The standard InChI is InChI=1S/C20H22N4OS/c25-20(11-16-13-26-10-9-21-16)22-12-15-5-7-17(8-6-15)24-14-23-18-3-1-2-4-19(18)24/h1-8,14,16,21H,9-13H2,(H,22,25). The fourth-order valence-corrected chi connectivity index (χ4v) is 4.14. The van der Waals surface area contributed by atoms with E-state index in [9.17, 15) is 4.79 Å². The molecule has 1 amide bonds. The van der Waals surface area contributed by atoms with Crippen molar-refractivity contribution in [2.75, 3.05) is 18.1 Å². The third-order valence-corrected chi connectivity index (χ3v) is 5.72. The lowest BCUT2D eigenvalue weighted by Crippen LogP contribution is -2.41. The van der Waals surface area contributed by atoms with Gasteiger partial charge in [-0.25, -0.2) is 4.98 Å². The smallest absolute Gasteiger partial charge is 0.221 e. The summed E-state index contributed by atoms with van der Waals surface area (Å²) >= 11 is 1.91. The SMILES string of the molecule is O=C(CC1CSCCN1)NCc1ccc(-n2cnc3ccccc32)cc1. The Labute approximate surface area is 157 Å². The molecule has 5 nitrogen and oxygen atoms in total. The number of para-hydroxylation sites is 2. The zero-order valence-electron chi connectivity index (χ0n) is 14.5. The number of hydrogen-bond donors (Lipinski definition) is 2. The van der Waals surface area contributed by atoms with Gasteiger partial charge in [-0.3, -0.25) is 9.36 Å². The molecule has 0 aliphatic carbocycles. The molecule has 2 heterocycles. The molecule has 0 spiro atoms. The highest BCUT2D eigenvalue weighted by Gasteiger charge is 2.16. The van der Waals surface area contributed by atoms with Gasteiger partial charge in [-0.05, 0) is 29.8 Å². The Balaban J connectivity index is 1.36. The van der Waals surface area contributed by atoms with Gasteiger partial charge in [0.25, 0.3) is 0 Å². The number of rotatable bonds is 5. The fourth-order valence-electron chi connectivity index (χ4n) is 3.19. The summed E-state index contributed by atoms with van der Waals surface area (Å²) in [6, 6.07) is 16.6.